The van der Waals surface area contributed by atoms with Gasteiger partial charge >= 0.3 is 0 Å². The number of amides is 1. The minimum Gasteiger partial charge on any atom is -0.484 e. The van der Waals surface area contributed by atoms with E-state index in [1.54, 1.807) is 47.6 Å². The third-order valence-electron chi connectivity index (χ3n) is 3.24. The lowest BCUT2D eigenvalue weighted by molar-refractivity contribution is 0.0999. The molecule has 2 rings (SSSR count). The van der Waals surface area contributed by atoms with Crippen molar-refractivity contribution in [2.45, 2.75) is 20.0 Å². The van der Waals surface area contributed by atoms with Crippen LogP contribution in [0.2, 0.25) is 0 Å². The molecule has 5 nitrogen and oxygen atoms in total. The highest BCUT2D eigenvalue weighted by Gasteiger charge is 2.20. The molecule has 0 aliphatic heterocycles. The summed E-state index contributed by atoms with van der Waals surface area (Å²) in [7, 11) is 0. The second-order valence-electron chi connectivity index (χ2n) is 4.87. The largest absolute Gasteiger partial charge is 0.484 e. The molecule has 0 aliphatic rings. The van der Waals surface area contributed by atoms with E-state index in [2.05, 4.69) is 11.6 Å². The van der Waals surface area contributed by atoms with Crippen molar-refractivity contribution in [2.75, 3.05) is 0 Å². The lowest BCUT2D eigenvalue weighted by atomic mass is 10.1. The smallest absolute Gasteiger partial charge is 0.262 e. The Morgan fingerprint density at radius 1 is 1.58 bits per heavy atom. The molecule has 0 radical (unpaired) electrons. The van der Waals surface area contributed by atoms with Gasteiger partial charge in [0.05, 0.1) is 6.33 Å². The number of allylic oxidation sites excluding steroid dienone is 3. The summed E-state index contributed by atoms with van der Waals surface area (Å²) in [5, 5.41) is 1.35. The van der Waals surface area contributed by atoms with Crippen molar-refractivity contribution in [3.63, 3.8) is 0 Å². The summed E-state index contributed by atoms with van der Waals surface area (Å²) < 4.78 is 7.74. The molecular formula is C17H18ClN3O2S. The highest BCUT2D eigenvalue weighted by molar-refractivity contribution is 7.16. The molecule has 0 aromatic carbocycles. The summed E-state index contributed by atoms with van der Waals surface area (Å²) in [6.45, 7) is 7.37. The molecule has 0 saturated carbocycles. The van der Waals surface area contributed by atoms with Gasteiger partial charge in [0.25, 0.3) is 5.91 Å². The summed E-state index contributed by atoms with van der Waals surface area (Å²) in [6.07, 6.45) is 9.89. The van der Waals surface area contributed by atoms with Crippen molar-refractivity contribution >= 4 is 28.8 Å². The maximum atomic E-state index is 11.7. The van der Waals surface area contributed by atoms with Crippen molar-refractivity contribution in [1.82, 2.24) is 9.55 Å². The van der Waals surface area contributed by atoms with Crippen LogP contribution in [0.5, 0.6) is 5.75 Å². The molecule has 1 unspecified atom stereocenters. The normalized spacial score (nSPS) is 13.6. The first-order valence-electron chi connectivity index (χ1n) is 7.21. The topological polar surface area (TPSA) is 70.1 Å². The number of imidazole rings is 1. The van der Waals surface area contributed by atoms with Crippen LogP contribution in [0.3, 0.4) is 0 Å². The molecule has 0 bridgehead atoms. The number of ether oxygens (including phenoxy) is 1. The van der Waals surface area contributed by atoms with Crippen LogP contribution in [0.25, 0.3) is 5.00 Å². The number of carbonyl (C=O) groups excluding carboxylic acids is 1. The van der Waals surface area contributed by atoms with E-state index < -0.39 is 5.91 Å². The van der Waals surface area contributed by atoms with E-state index in [1.807, 2.05) is 13.8 Å². The lowest BCUT2D eigenvalue weighted by Crippen LogP contribution is -2.18. The maximum absolute atomic E-state index is 11.7. The zero-order valence-corrected chi connectivity index (χ0v) is 15.0. The van der Waals surface area contributed by atoms with E-state index in [1.165, 1.54) is 11.3 Å². The average molecular weight is 364 g/mol. The molecule has 0 saturated heterocycles. The number of nitrogens with zero attached hydrogens (tertiary/aromatic N) is 2. The van der Waals surface area contributed by atoms with Gasteiger partial charge < -0.3 is 10.5 Å². The van der Waals surface area contributed by atoms with Gasteiger partial charge in [0.2, 0.25) is 0 Å². The summed E-state index contributed by atoms with van der Waals surface area (Å²) in [4.78, 5) is 16.1. The molecule has 1 amide bonds. The van der Waals surface area contributed by atoms with Crippen LogP contribution < -0.4 is 10.5 Å². The average Bonchev–Trinajstić information content (AvgIpc) is 3.20. The first-order valence-corrected chi connectivity index (χ1v) is 8.40. The third kappa shape index (κ3) is 3.96. The van der Waals surface area contributed by atoms with Crippen molar-refractivity contribution in [1.29, 1.82) is 0 Å². The van der Waals surface area contributed by atoms with Crippen LogP contribution in [0, 0.1) is 0 Å². The Hall–Kier alpha value is -2.31. The Balaban J connectivity index is 2.36. The van der Waals surface area contributed by atoms with Crippen molar-refractivity contribution in [3.8, 4) is 10.8 Å². The fraction of sp³-hybridized carbons (Fsp3) is 0.176. The zero-order valence-electron chi connectivity index (χ0n) is 13.4. The third-order valence-corrected chi connectivity index (χ3v) is 4.82. The number of nitrogens with two attached hydrogens (primary N) is 1. The Morgan fingerprint density at radius 2 is 2.33 bits per heavy atom. The number of hydrogen-bond acceptors (Lipinski definition) is 4. The molecule has 2 aromatic heterocycles. The summed E-state index contributed by atoms with van der Waals surface area (Å²) in [5.74, 6) is -0.126. The van der Waals surface area contributed by atoms with Gasteiger partial charge in [-0.3, -0.25) is 9.36 Å². The van der Waals surface area contributed by atoms with Crippen molar-refractivity contribution in [2.24, 2.45) is 5.73 Å². The fourth-order valence-electron chi connectivity index (χ4n) is 2.09. The number of halogens is 1. The van der Waals surface area contributed by atoms with Gasteiger partial charge in [-0.05, 0) is 13.8 Å². The standard InChI is InChI=1S/C17H18ClN3O2S/c1-4-6-12(13(18)5-2)11(3)23-14-9-15(21-8-7-20-10-21)24-16(14)17(19)22/h4-11H,1H2,2-3H3,(H2,19,22)/b12-6-,13-5+. The van der Waals surface area contributed by atoms with Crippen LogP contribution in [0.4, 0.5) is 0 Å². The highest BCUT2D eigenvalue weighted by atomic mass is 35.5. The Kier molecular flexibility index (Phi) is 6.00. The number of rotatable bonds is 7. The van der Waals surface area contributed by atoms with Gasteiger partial charge in [0.1, 0.15) is 21.7 Å². The van der Waals surface area contributed by atoms with Gasteiger partial charge in [-0.25, -0.2) is 4.98 Å². The Labute approximate surface area is 149 Å². The van der Waals surface area contributed by atoms with Crippen molar-refractivity contribution < 1.29 is 9.53 Å². The van der Waals surface area contributed by atoms with E-state index in [4.69, 9.17) is 22.1 Å². The quantitative estimate of drug-likeness (QED) is 0.754. The lowest BCUT2D eigenvalue weighted by Gasteiger charge is -2.17. The Bertz CT molecular complexity index is 791. The second kappa shape index (κ2) is 7.99. The van der Waals surface area contributed by atoms with Crippen LogP contribution in [0.15, 0.2) is 60.2 Å². The summed E-state index contributed by atoms with van der Waals surface area (Å²) in [5.41, 5.74) is 6.24. The minimum absolute atomic E-state index is 0.347. The fourth-order valence-corrected chi connectivity index (χ4v) is 3.21. The Morgan fingerprint density at radius 3 is 2.88 bits per heavy atom. The molecule has 7 heteroatoms. The number of carbonyl (C=O) groups is 1. The molecule has 2 aromatic rings. The minimum atomic E-state index is -0.542. The highest BCUT2D eigenvalue weighted by Crippen LogP contribution is 2.34. The number of primary amides is 1. The summed E-state index contributed by atoms with van der Waals surface area (Å²) >= 11 is 7.47. The van der Waals surface area contributed by atoms with E-state index in [0.717, 1.165) is 10.6 Å². The van der Waals surface area contributed by atoms with E-state index >= 15 is 0 Å². The van der Waals surface area contributed by atoms with Gasteiger partial charge in [0.15, 0.2) is 0 Å². The van der Waals surface area contributed by atoms with E-state index in [9.17, 15) is 4.79 Å². The van der Waals surface area contributed by atoms with Gasteiger partial charge in [-0.2, -0.15) is 0 Å². The van der Waals surface area contributed by atoms with Crippen LogP contribution in [-0.4, -0.2) is 21.6 Å². The molecule has 2 N–H and O–H groups in total. The van der Waals surface area contributed by atoms with Gasteiger partial charge in [0, 0.05) is 29.1 Å². The first-order chi connectivity index (χ1) is 11.5. The summed E-state index contributed by atoms with van der Waals surface area (Å²) in [6, 6.07) is 1.76. The van der Waals surface area contributed by atoms with Crippen molar-refractivity contribution in [3.05, 3.63) is 65.1 Å². The monoisotopic (exact) mass is 363 g/mol. The predicted octanol–water partition coefficient (Wildman–Crippen LogP) is 4.06. The number of aromatic nitrogens is 2. The molecule has 0 aliphatic carbocycles. The van der Waals surface area contributed by atoms with Crippen LogP contribution in [0.1, 0.15) is 23.5 Å². The molecule has 126 valence electrons. The zero-order chi connectivity index (χ0) is 17.7. The SMILES string of the molecule is C=C/C=C(\C(Cl)=C/C)C(C)Oc1cc(-n2ccnc2)sc1C(N)=O. The maximum Gasteiger partial charge on any atom is 0.262 e. The van der Waals surface area contributed by atoms with Crippen LogP contribution in [-0.2, 0) is 0 Å². The molecule has 24 heavy (non-hydrogen) atoms. The molecule has 0 fully saturated rings. The van der Waals surface area contributed by atoms with E-state index in [0.29, 0.717) is 15.7 Å². The second-order valence-corrected chi connectivity index (χ2v) is 6.30. The number of hydrogen-bond donors (Lipinski definition) is 1. The predicted molar refractivity (Wildman–Crippen MR) is 97.9 cm³/mol. The molecular weight excluding hydrogens is 346 g/mol. The van der Waals surface area contributed by atoms with E-state index in [-0.39, 0.29) is 6.10 Å². The molecule has 0 spiro atoms. The van der Waals surface area contributed by atoms with Gasteiger partial charge in [-0.15, -0.1) is 11.3 Å². The molecule has 2 heterocycles. The van der Waals surface area contributed by atoms with Gasteiger partial charge in [-0.1, -0.05) is 36.4 Å². The first kappa shape index (κ1) is 18.0. The number of thiophene rings is 1. The molecule has 1 atom stereocenters. The van der Waals surface area contributed by atoms with Crippen LogP contribution >= 0.6 is 22.9 Å².